The minimum atomic E-state index is -0.800. The molecule has 0 bridgehead atoms. The number of nitro benzene ring substituents is 1. The highest BCUT2D eigenvalue weighted by Gasteiger charge is 2.37. The number of carbonyl (C=O) groups excluding carboxylic acids is 3. The summed E-state index contributed by atoms with van der Waals surface area (Å²) >= 11 is 0.904. The monoisotopic (exact) mass is 429 g/mol. The normalized spacial score (nSPS) is 14.4. The van der Waals surface area contributed by atoms with Crippen molar-refractivity contribution in [1.82, 2.24) is 19.8 Å². The van der Waals surface area contributed by atoms with Crippen LogP contribution in [-0.4, -0.2) is 56.6 Å². The molecule has 2 heterocycles. The maximum atomic E-state index is 12.3. The lowest BCUT2D eigenvalue weighted by molar-refractivity contribution is -0.387. The smallest absolute Gasteiger partial charge is 0.301 e. The van der Waals surface area contributed by atoms with Crippen molar-refractivity contribution in [3.63, 3.8) is 0 Å². The number of amides is 4. The van der Waals surface area contributed by atoms with Crippen LogP contribution in [0.5, 0.6) is 0 Å². The number of H-pyrrole nitrogens is 1. The minimum Gasteiger partial charge on any atom is -0.301 e. The number of nitrogens with one attached hydrogen (secondary N) is 1. The average molecular weight is 429 g/mol. The Morgan fingerprint density at radius 2 is 1.73 bits per heavy atom. The molecule has 1 aromatic heterocycles. The van der Waals surface area contributed by atoms with Gasteiger partial charge in [0, 0.05) is 31.9 Å². The van der Waals surface area contributed by atoms with Crippen molar-refractivity contribution in [2.45, 2.75) is 17.0 Å². The molecule has 1 saturated heterocycles. The summed E-state index contributed by atoms with van der Waals surface area (Å²) in [5.41, 5.74) is -0.288. The van der Waals surface area contributed by atoms with Crippen molar-refractivity contribution in [3.05, 3.63) is 61.6 Å². The van der Waals surface area contributed by atoms with Crippen LogP contribution >= 0.6 is 11.8 Å². The van der Waals surface area contributed by atoms with Gasteiger partial charge in [0.05, 0.1) is 9.82 Å². The van der Waals surface area contributed by atoms with Gasteiger partial charge >= 0.3 is 6.03 Å². The van der Waals surface area contributed by atoms with E-state index in [1.807, 2.05) is 0 Å². The number of imide groups is 2. The van der Waals surface area contributed by atoms with Gasteiger partial charge in [-0.2, -0.15) is 0 Å². The van der Waals surface area contributed by atoms with Crippen molar-refractivity contribution in [1.29, 1.82) is 0 Å². The summed E-state index contributed by atoms with van der Waals surface area (Å²) in [6.45, 7) is 1.62. The molecule has 12 heteroatoms. The summed E-state index contributed by atoms with van der Waals surface area (Å²) < 4.78 is 0. The maximum absolute atomic E-state index is 12.3. The molecule has 1 N–H and O–H groups in total. The van der Waals surface area contributed by atoms with Crippen LogP contribution in [0, 0.1) is 17.0 Å². The Morgan fingerprint density at radius 3 is 2.30 bits per heavy atom. The van der Waals surface area contributed by atoms with E-state index < -0.39 is 22.8 Å². The van der Waals surface area contributed by atoms with Crippen LogP contribution in [0.2, 0.25) is 0 Å². The molecule has 1 aromatic carbocycles. The molecule has 0 aliphatic carbocycles. The van der Waals surface area contributed by atoms with Gasteiger partial charge in [-0.15, -0.1) is 0 Å². The van der Waals surface area contributed by atoms with E-state index in [0.29, 0.717) is 5.69 Å². The largest absolute Gasteiger partial charge is 0.333 e. The van der Waals surface area contributed by atoms with E-state index in [-0.39, 0.29) is 32.4 Å². The minimum absolute atomic E-state index is 0.189. The van der Waals surface area contributed by atoms with E-state index in [1.54, 1.807) is 6.92 Å². The Morgan fingerprint density at radius 1 is 1.10 bits per heavy atom. The summed E-state index contributed by atoms with van der Waals surface area (Å²) in [6, 6.07) is 4.63. The van der Waals surface area contributed by atoms with Gasteiger partial charge in [0.25, 0.3) is 23.1 Å². The molecule has 0 atom stereocenters. The topological polar surface area (TPSA) is 147 Å². The Hall–Kier alpha value is -3.80. The second-order valence-corrected chi connectivity index (χ2v) is 7.38. The number of hydrogen-bond donors (Lipinski definition) is 1. The number of aromatic amines is 1. The van der Waals surface area contributed by atoms with E-state index in [1.165, 1.54) is 44.4 Å². The van der Waals surface area contributed by atoms with Gasteiger partial charge in [-0.3, -0.25) is 34.3 Å². The molecule has 0 unspecified atom stereocenters. The predicted molar refractivity (Wildman–Crippen MR) is 106 cm³/mol. The summed E-state index contributed by atoms with van der Waals surface area (Å²) in [5, 5.41) is 11.7. The third-order valence-corrected chi connectivity index (χ3v) is 5.14. The SMILES string of the molecule is Cc1cc(=O)[nH]c(Sc2ccc(C=C3C(=O)N(C)C(=O)N(C)C3=O)cc2[N+](=O)[O-])n1. The molecule has 2 aromatic rings. The van der Waals surface area contributed by atoms with Crippen molar-refractivity contribution in [3.8, 4) is 0 Å². The van der Waals surface area contributed by atoms with E-state index in [9.17, 15) is 29.3 Å². The first kappa shape index (κ1) is 20.9. The van der Waals surface area contributed by atoms with Gasteiger partial charge in [0.15, 0.2) is 5.16 Å². The third kappa shape index (κ3) is 3.98. The van der Waals surface area contributed by atoms with Crippen molar-refractivity contribution in [2.75, 3.05) is 14.1 Å². The van der Waals surface area contributed by atoms with Gasteiger partial charge < -0.3 is 4.98 Å². The Balaban J connectivity index is 2.01. The zero-order valence-electron chi connectivity index (χ0n) is 16.0. The molecule has 0 spiro atoms. The quantitative estimate of drug-likeness (QED) is 0.253. The number of nitrogens with zero attached hydrogens (tertiary/aromatic N) is 4. The van der Waals surface area contributed by atoms with Crippen molar-refractivity contribution >= 4 is 41.4 Å². The molecule has 11 nitrogen and oxygen atoms in total. The number of carbonyl (C=O) groups is 3. The molecular weight excluding hydrogens is 414 g/mol. The lowest BCUT2D eigenvalue weighted by Gasteiger charge is -2.28. The fourth-order valence-corrected chi connectivity index (χ4v) is 3.62. The van der Waals surface area contributed by atoms with Gasteiger partial charge in [0.2, 0.25) is 0 Å². The zero-order valence-corrected chi connectivity index (χ0v) is 16.8. The molecule has 1 aliphatic heterocycles. The Kier molecular flexibility index (Phi) is 5.52. The molecule has 3 rings (SSSR count). The van der Waals surface area contributed by atoms with Gasteiger partial charge in [-0.05, 0) is 36.4 Å². The average Bonchev–Trinajstić information content (AvgIpc) is 2.68. The number of urea groups is 1. The number of nitro groups is 1. The standard InChI is InChI=1S/C18H15N5O6S/c1-9-6-14(24)20-17(19-9)30-13-5-4-10(8-12(13)23(28)29)7-11-15(25)21(2)18(27)22(3)16(11)26/h4-8H,1-3H3,(H,19,20,24). The maximum Gasteiger partial charge on any atom is 0.333 e. The number of benzene rings is 1. The first-order valence-electron chi connectivity index (χ1n) is 8.44. The van der Waals surface area contributed by atoms with Crippen LogP contribution in [0.25, 0.3) is 6.08 Å². The predicted octanol–water partition coefficient (Wildman–Crippen LogP) is 1.57. The lowest BCUT2D eigenvalue weighted by Crippen LogP contribution is -2.52. The summed E-state index contributed by atoms with van der Waals surface area (Å²) in [4.78, 5) is 67.3. The number of aryl methyl sites for hydroxylation is 1. The molecule has 0 saturated carbocycles. The molecule has 0 radical (unpaired) electrons. The van der Waals surface area contributed by atoms with Crippen LogP contribution in [0.15, 0.2) is 44.7 Å². The van der Waals surface area contributed by atoms with E-state index >= 15 is 0 Å². The number of barbiturate groups is 1. The van der Waals surface area contributed by atoms with E-state index in [0.717, 1.165) is 21.6 Å². The number of likely N-dealkylation sites (N-methyl/N-ethyl adjacent to an activating group) is 2. The van der Waals surface area contributed by atoms with Crippen LogP contribution in [-0.2, 0) is 9.59 Å². The molecule has 154 valence electrons. The second-order valence-electron chi connectivity index (χ2n) is 6.35. The van der Waals surface area contributed by atoms with Crippen LogP contribution in [0.4, 0.5) is 10.5 Å². The highest BCUT2D eigenvalue weighted by atomic mass is 32.2. The highest BCUT2D eigenvalue weighted by Crippen LogP contribution is 2.34. The summed E-state index contributed by atoms with van der Waals surface area (Å²) in [7, 11) is 2.47. The molecular formula is C18H15N5O6S. The fourth-order valence-electron chi connectivity index (χ4n) is 2.70. The van der Waals surface area contributed by atoms with Crippen molar-refractivity contribution < 1.29 is 19.3 Å². The fraction of sp³-hybridized carbons (Fsp3) is 0.167. The number of hydrogen-bond acceptors (Lipinski definition) is 8. The first-order valence-corrected chi connectivity index (χ1v) is 9.26. The first-order chi connectivity index (χ1) is 14.1. The van der Waals surface area contributed by atoms with E-state index in [4.69, 9.17) is 0 Å². The van der Waals surface area contributed by atoms with Crippen molar-refractivity contribution in [2.24, 2.45) is 0 Å². The van der Waals surface area contributed by atoms with Crippen LogP contribution in [0.1, 0.15) is 11.3 Å². The number of rotatable bonds is 4. The molecule has 30 heavy (non-hydrogen) atoms. The number of aromatic nitrogens is 2. The zero-order chi connectivity index (χ0) is 22.2. The summed E-state index contributed by atoms with van der Waals surface area (Å²) in [6.07, 6.45) is 1.19. The van der Waals surface area contributed by atoms with E-state index in [2.05, 4.69) is 9.97 Å². The Bertz CT molecular complexity index is 1160. The lowest BCUT2D eigenvalue weighted by atomic mass is 10.1. The van der Waals surface area contributed by atoms with Crippen LogP contribution in [0.3, 0.4) is 0 Å². The van der Waals surface area contributed by atoms with Crippen LogP contribution < -0.4 is 5.56 Å². The third-order valence-electron chi connectivity index (χ3n) is 4.19. The molecule has 1 aliphatic rings. The molecule has 1 fully saturated rings. The Labute approximate surface area is 173 Å². The van der Waals surface area contributed by atoms with Gasteiger partial charge in [0.1, 0.15) is 5.57 Å². The van der Waals surface area contributed by atoms with Gasteiger partial charge in [-0.25, -0.2) is 9.78 Å². The van der Waals surface area contributed by atoms with Gasteiger partial charge in [-0.1, -0.05) is 6.07 Å². The molecule has 4 amide bonds. The summed E-state index contributed by atoms with van der Waals surface area (Å²) in [5.74, 6) is -1.60. The highest BCUT2D eigenvalue weighted by molar-refractivity contribution is 7.99. The second kappa shape index (κ2) is 7.91.